The summed E-state index contributed by atoms with van der Waals surface area (Å²) in [4.78, 5) is 14.4. The Morgan fingerprint density at radius 1 is 1.09 bits per heavy atom. The van der Waals surface area contributed by atoms with Crippen LogP contribution in [0.1, 0.15) is 55.7 Å². The number of carbonyl (C=O) groups excluding carboxylic acids is 1. The number of rotatable bonds is 6. The third-order valence-electron chi connectivity index (χ3n) is 8.50. The van der Waals surface area contributed by atoms with Gasteiger partial charge in [-0.3, -0.25) is 0 Å². The van der Waals surface area contributed by atoms with Gasteiger partial charge in [0.15, 0.2) is 0 Å². The molecule has 2 aromatic carbocycles. The molecule has 35 heavy (non-hydrogen) atoms. The first-order chi connectivity index (χ1) is 16.7. The van der Waals surface area contributed by atoms with Gasteiger partial charge in [-0.05, 0) is 68.4 Å². The molecular weight excluding hydrogens is 456 g/mol. The molecular formula is C29H34N2O3S. The van der Waals surface area contributed by atoms with Crippen LogP contribution in [0.5, 0.6) is 0 Å². The van der Waals surface area contributed by atoms with Crippen LogP contribution in [0, 0.1) is 18.3 Å². The Morgan fingerprint density at radius 2 is 1.83 bits per heavy atom. The maximum atomic E-state index is 13.7. The molecule has 0 bridgehead atoms. The average molecular weight is 491 g/mol. The Morgan fingerprint density at radius 3 is 2.51 bits per heavy atom. The number of benzene rings is 2. The highest BCUT2D eigenvalue weighted by Gasteiger charge is 2.58. The van der Waals surface area contributed by atoms with E-state index >= 15 is 0 Å². The molecule has 4 aliphatic rings. The molecule has 0 N–H and O–H groups in total. The van der Waals surface area contributed by atoms with Crippen LogP contribution in [-0.4, -0.2) is 44.2 Å². The number of hydrogen-bond acceptors (Lipinski definition) is 4. The summed E-state index contributed by atoms with van der Waals surface area (Å²) in [7, 11) is -3.57. The second-order valence-corrected chi connectivity index (χ2v) is 13.2. The van der Waals surface area contributed by atoms with E-state index in [0.29, 0.717) is 42.8 Å². The van der Waals surface area contributed by atoms with Crippen molar-refractivity contribution < 1.29 is 13.2 Å². The quantitative estimate of drug-likeness (QED) is 0.543. The first-order valence-electron chi connectivity index (χ1n) is 12.9. The zero-order chi connectivity index (χ0) is 24.5. The van der Waals surface area contributed by atoms with Gasteiger partial charge in [-0.15, -0.1) is 0 Å². The van der Waals surface area contributed by atoms with Crippen LogP contribution < -0.4 is 4.90 Å². The smallest absolute Gasteiger partial charge is 0.243 e. The number of hydrogen-bond donors (Lipinski definition) is 0. The summed E-state index contributed by atoms with van der Waals surface area (Å²) in [6, 6.07) is 14.2. The average Bonchev–Trinajstić information content (AvgIpc) is 3.57. The number of Topliss-reactive ketones (excluding diaryl/α,β-unsaturated/α-hetero) is 1. The van der Waals surface area contributed by atoms with Crippen molar-refractivity contribution in [3.63, 3.8) is 0 Å². The van der Waals surface area contributed by atoms with Gasteiger partial charge in [-0.25, -0.2) is 8.42 Å². The molecule has 6 rings (SSSR count). The fraction of sp³-hybridized carbons (Fsp3) is 0.483. The summed E-state index contributed by atoms with van der Waals surface area (Å²) in [6.07, 6.45) is 6.26. The SMILES string of the molecule is CC(=O)CCc1ccc2c(c1)C1C(C3CC3)=C[C@@]3(C)CN(S(=O)(=O)c4ccc(C)cc4)CCN2C13. The van der Waals surface area contributed by atoms with Crippen LogP contribution in [-0.2, 0) is 21.2 Å². The van der Waals surface area contributed by atoms with E-state index in [9.17, 15) is 13.2 Å². The molecule has 1 saturated heterocycles. The standard InChI is InChI=1S/C29H34N2O3S/c1-19-4-11-23(12-5-19)35(33,34)30-14-15-31-26-13-8-21(7-6-20(2)32)16-24(26)27-25(22-9-10-22)17-29(3,18-30)28(27)31/h4-5,8,11-13,16-17,22,27-28H,6-7,9-10,14-15,18H2,1-3H3/t27?,28?,29-/m0/s1. The number of sulfonamides is 1. The highest BCUT2D eigenvalue weighted by Crippen LogP contribution is 2.61. The van der Waals surface area contributed by atoms with Crippen molar-refractivity contribution >= 4 is 21.5 Å². The van der Waals surface area contributed by atoms with Crippen molar-refractivity contribution in [1.82, 2.24) is 4.31 Å². The Hall–Kier alpha value is -2.44. The Labute approximate surface area is 208 Å². The summed E-state index contributed by atoms with van der Waals surface area (Å²) < 4.78 is 29.1. The summed E-state index contributed by atoms with van der Waals surface area (Å²) in [6.45, 7) is 7.56. The number of fused-ring (bicyclic) bond motifs is 3. The highest BCUT2D eigenvalue weighted by atomic mass is 32.2. The van der Waals surface area contributed by atoms with E-state index in [1.807, 2.05) is 19.1 Å². The van der Waals surface area contributed by atoms with Crippen LogP contribution in [0.4, 0.5) is 5.69 Å². The van der Waals surface area contributed by atoms with Crippen LogP contribution in [0.3, 0.4) is 0 Å². The Balaban J connectivity index is 1.39. The Bertz CT molecular complexity index is 1330. The third-order valence-corrected chi connectivity index (χ3v) is 10.4. The highest BCUT2D eigenvalue weighted by molar-refractivity contribution is 7.89. The van der Waals surface area contributed by atoms with E-state index in [0.717, 1.165) is 12.0 Å². The van der Waals surface area contributed by atoms with Gasteiger partial charge < -0.3 is 9.69 Å². The largest absolute Gasteiger partial charge is 0.365 e. The van der Waals surface area contributed by atoms with Gasteiger partial charge in [0, 0.05) is 49.1 Å². The predicted molar refractivity (Wildman–Crippen MR) is 138 cm³/mol. The van der Waals surface area contributed by atoms with Gasteiger partial charge in [0.25, 0.3) is 0 Å². The Kier molecular flexibility index (Phi) is 5.28. The lowest BCUT2D eigenvalue weighted by Gasteiger charge is -2.36. The molecule has 1 saturated carbocycles. The lowest BCUT2D eigenvalue weighted by atomic mass is 9.80. The summed E-state index contributed by atoms with van der Waals surface area (Å²) in [5, 5.41) is 0. The van der Waals surface area contributed by atoms with Crippen molar-refractivity contribution in [3.05, 3.63) is 70.8 Å². The summed E-state index contributed by atoms with van der Waals surface area (Å²) in [5.41, 5.74) is 6.17. The summed E-state index contributed by atoms with van der Waals surface area (Å²) in [5.74, 6) is 1.17. The maximum Gasteiger partial charge on any atom is 0.243 e. The molecule has 2 aliphatic heterocycles. The molecule has 0 radical (unpaired) electrons. The minimum atomic E-state index is -3.57. The molecule has 3 atom stereocenters. The molecule has 2 fully saturated rings. The fourth-order valence-corrected chi connectivity index (χ4v) is 8.22. The first-order valence-corrected chi connectivity index (χ1v) is 14.3. The van der Waals surface area contributed by atoms with Crippen molar-refractivity contribution in [3.8, 4) is 0 Å². The van der Waals surface area contributed by atoms with E-state index in [-0.39, 0.29) is 17.2 Å². The normalized spacial score (nSPS) is 27.9. The van der Waals surface area contributed by atoms with Gasteiger partial charge >= 0.3 is 0 Å². The lowest BCUT2D eigenvalue weighted by molar-refractivity contribution is -0.116. The fourth-order valence-electron chi connectivity index (χ4n) is 6.67. The van der Waals surface area contributed by atoms with Crippen molar-refractivity contribution in [2.45, 2.75) is 63.3 Å². The van der Waals surface area contributed by atoms with E-state index < -0.39 is 10.0 Å². The van der Waals surface area contributed by atoms with Gasteiger partial charge in [-0.2, -0.15) is 4.31 Å². The van der Waals surface area contributed by atoms with E-state index in [2.05, 4.69) is 36.1 Å². The molecule has 0 aromatic heterocycles. The molecule has 6 heteroatoms. The van der Waals surface area contributed by atoms with Crippen molar-refractivity contribution in [2.75, 3.05) is 24.5 Å². The predicted octanol–water partition coefficient (Wildman–Crippen LogP) is 4.85. The summed E-state index contributed by atoms with van der Waals surface area (Å²) >= 11 is 0. The molecule has 0 spiro atoms. The van der Waals surface area contributed by atoms with Crippen LogP contribution in [0.25, 0.3) is 0 Å². The zero-order valence-corrected chi connectivity index (χ0v) is 21.6. The molecule has 2 unspecified atom stereocenters. The van der Waals surface area contributed by atoms with Crippen LogP contribution >= 0.6 is 0 Å². The first kappa shape index (κ1) is 23.0. The maximum absolute atomic E-state index is 13.7. The number of nitrogens with zero attached hydrogens (tertiary/aromatic N) is 2. The second-order valence-electron chi connectivity index (χ2n) is 11.3. The van der Waals surface area contributed by atoms with Crippen LogP contribution in [0.2, 0.25) is 0 Å². The van der Waals surface area contributed by atoms with E-state index in [1.165, 1.54) is 35.2 Å². The second kappa shape index (κ2) is 8.04. The van der Waals surface area contributed by atoms with Crippen molar-refractivity contribution in [1.29, 1.82) is 0 Å². The minimum Gasteiger partial charge on any atom is -0.365 e. The van der Waals surface area contributed by atoms with Gasteiger partial charge in [0.05, 0.1) is 4.90 Å². The van der Waals surface area contributed by atoms with Gasteiger partial charge in [-0.1, -0.05) is 48.4 Å². The van der Waals surface area contributed by atoms with E-state index in [1.54, 1.807) is 23.4 Å². The number of ketones is 1. The monoisotopic (exact) mass is 490 g/mol. The third kappa shape index (κ3) is 3.77. The van der Waals surface area contributed by atoms with Gasteiger partial charge in [0.1, 0.15) is 5.78 Å². The van der Waals surface area contributed by atoms with Gasteiger partial charge in [0.2, 0.25) is 10.0 Å². The molecule has 0 amide bonds. The van der Waals surface area contributed by atoms with Crippen LogP contribution in [0.15, 0.2) is 59.0 Å². The lowest BCUT2D eigenvalue weighted by Crippen LogP contribution is -2.45. The molecule has 2 heterocycles. The number of carbonyl (C=O) groups is 1. The van der Waals surface area contributed by atoms with Crippen molar-refractivity contribution in [2.24, 2.45) is 11.3 Å². The molecule has 2 aliphatic carbocycles. The number of aryl methyl sites for hydroxylation is 2. The number of anilines is 1. The molecule has 184 valence electrons. The zero-order valence-electron chi connectivity index (χ0n) is 20.8. The topological polar surface area (TPSA) is 57.7 Å². The minimum absolute atomic E-state index is 0.223. The molecule has 2 aromatic rings. The van der Waals surface area contributed by atoms with E-state index in [4.69, 9.17) is 0 Å². The molecule has 5 nitrogen and oxygen atoms in total.